The van der Waals surface area contributed by atoms with Gasteiger partial charge in [-0.15, -0.1) is 0 Å². The molecule has 1 saturated heterocycles. The van der Waals surface area contributed by atoms with Crippen LogP contribution >= 0.6 is 8.58 Å². The van der Waals surface area contributed by atoms with Gasteiger partial charge in [-0.1, -0.05) is 24.3 Å². The van der Waals surface area contributed by atoms with Crippen molar-refractivity contribution >= 4 is 20.6 Å². The van der Waals surface area contributed by atoms with Gasteiger partial charge in [0.05, 0.1) is 12.9 Å². The molecule has 2 unspecified atom stereocenters. The summed E-state index contributed by atoms with van der Waals surface area (Å²) in [6.07, 6.45) is 8.75. The van der Waals surface area contributed by atoms with E-state index in [4.69, 9.17) is 4.74 Å². The maximum absolute atomic E-state index is 14.0. The van der Waals surface area contributed by atoms with Crippen LogP contribution in [0.1, 0.15) is 12.5 Å². The first kappa shape index (κ1) is 19.6. The van der Waals surface area contributed by atoms with Gasteiger partial charge in [-0.2, -0.15) is 0 Å². The Bertz CT molecular complexity index is 772. The first-order valence-electron chi connectivity index (χ1n) is 9.01. The number of rotatable bonds is 6. The molecule has 27 heavy (non-hydrogen) atoms. The molecule has 0 spiro atoms. The van der Waals surface area contributed by atoms with Gasteiger partial charge in [-0.3, -0.25) is 4.79 Å². The zero-order chi connectivity index (χ0) is 19.2. The Morgan fingerprint density at radius 3 is 2.78 bits per heavy atom. The van der Waals surface area contributed by atoms with E-state index in [1.54, 1.807) is 23.2 Å². The van der Waals surface area contributed by atoms with Gasteiger partial charge in [0.15, 0.2) is 11.6 Å². The Kier molecular flexibility index (Phi) is 6.64. The largest absolute Gasteiger partial charge is 0.494 e. The van der Waals surface area contributed by atoms with Gasteiger partial charge in [0.2, 0.25) is 6.41 Å². The summed E-state index contributed by atoms with van der Waals surface area (Å²) in [5, 5.41) is 3.36. The van der Waals surface area contributed by atoms with E-state index in [-0.39, 0.29) is 11.5 Å². The summed E-state index contributed by atoms with van der Waals surface area (Å²) in [5.74, 6) is -0.226. The fourth-order valence-corrected chi connectivity index (χ4v) is 4.58. The Labute approximate surface area is 161 Å². The first-order valence-corrected chi connectivity index (χ1v) is 10.1. The minimum atomic E-state index is -0.416. The summed E-state index contributed by atoms with van der Waals surface area (Å²) >= 11 is 0. The number of allylic oxidation sites excluding steroid dienone is 3. The highest BCUT2D eigenvalue weighted by Gasteiger charge is 2.22. The Morgan fingerprint density at radius 1 is 1.37 bits per heavy atom. The van der Waals surface area contributed by atoms with Crippen molar-refractivity contribution in [1.82, 2.24) is 15.1 Å². The van der Waals surface area contributed by atoms with Crippen molar-refractivity contribution < 1.29 is 13.9 Å². The van der Waals surface area contributed by atoms with Crippen molar-refractivity contribution in [2.45, 2.75) is 12.7 Å². The predicted octanol–water partition coefficient (Wildman–Crippen LogP) is 2.97. The molecule has 2 aliphatic heterocycles. The van der Waals surface area contributed by atoms with E-state index < -0.39 is 5.82 Å². The SMILES string of the molecule is C/C=C(\PC1C=CC(c2ccc(OC)c(F)c2)=CN1C=O)N1CCNCC1. The summed E-state index contributed by atoms with van der Waals surface area (Å²) in [6, 6.07) is 4.82. The van der Waals surface area contributed by atoms with Gasteiger partial charge in [0.1, 0.15) is 0 Å². The van der Waals surface area contributed by atoms with Crippen LogP contribution in [0.2, 0.25) is 0 Å². The van der Waals surface area contributed by atoms with Crippen LogP contribution in [0.15, 0.2) is 48.1 Å². The molecule has 0 aliphatic carbocycles. The second-order valence-electron chi connectivity index (χ2n) is 6.35. The van der Waals surface area contributed by atoms with Crippen LogP contribution in [0.4, 0.5) is 4.39 Å². The number of nitrogens with zero attached hydrogens (tertiary/aromatic N) is 2. The van der Waals surface area contributed by atoms with E-state index in [1.165, 1.54) is 18.6 Å². The number of ether oxygens (including phenoxy) is 1. The second-order valence-corrected chi connectivity index (χ2v) is 7.74. The molecule has 1 amide bonds. The molecule has 1 fully saturated rings. The van der Waals surface area contributed by atoms with Gasteiger partial charge >= 0.3 is 0 Å². The number of amides is 1. The van der Waals surface area contributed by atoms with E-state index in [2.05, 4.69) is 16.3 Å². The third-order valence-electron chi connectivity index (χ3n) is 4.70. The average Bonchev–Trinajstić information content (AvgIpc) is 2.72. The van der Waals surface area contributed by atoms with Crippen molar-refractivity contribution in [2.24, 2.45) is 0 Å². The van der Waals surface area contributed by atoms with Gasteiger partial charge in [-0.05, 0) is 38.8 Å². The van der Waals surface area contributed by atoms with E-state index >= 15 is 0 Å². The van der Waals surface area contributed by atoms with E-state index in [0.29, 0.717) is 14.1 Å². The fourth-order valence-electron chi connectivity index (χ4n) is 3.23. The minimum Gasteiger partial charge on any atom is -0.494 e. The van der Waals surface area contributed by atoms with Crippen LogP contribution in [0, 0.1) is 5.82 Å². The molecule has 0 bridgehead atoms. The molecule has 3 rings (SSSR count). The van der Waals surface area contributed by atoms with Crippen LogP contribution in [-0.2, 0) is 4.79 Å². The molecule has 1 aromatic rings. The topological polar surface area (TPSA) is 44.8 Å². The number of methoxy groups -OCH3 is 1. The van der Waals surface area contributed by atoms with Crippen LogP contribution in [-0.4, -0.2) is 55.3 Å². The lowest BCUT2D eigenvalue weighted by molar-refractivity contribution is -0.116. The lowest BCUT2D eigenvalue weighted by atomic mass is 10.0. The number of halogens is 1. The molecular formula is C20H25FN3O2P. The molecule has 1 aromatic carbocycles. The third-order valence-corrected chi connectivity index (χ3v) is 6.39. The van der Waals surface area contributed by atoms with Gasteiger partial charge in [0, 0.05) is 37.8 Å². The number of hydrogen-bond acceptors (Lipinski definition) is 4. The summed E-state index contributed by atoms with van der Waals surface area (Å²) < 4.78 is 19.0. The highest BCUT2D eigenvalue weighted by atomic mass is 31.1. The monoisotopic (exact) mass is 389 g/mol. The quantitative estimate of drug-likeness (QED) is 0.600. The molecular weight excluding hydrogens is 364 g/mol. The van der Waals surface area contributed by atoms with Crippen LogP contribution < -0.4 is 10.1 Å². The molecule has 1 N–H and O–H groups in total. The molecule has 7 heteroatoms. The first-order chi connectivity index (χ1) is 13.2. The molecule has 2 aliphatic rings. The zero-order valence-electron chi connectivity index (χ0n) is 15.6. The van der Waals surface area contributed by atoms with E-state index in [1.807, 2.05) is 19.1 Å². The van der Waals surface area contributed by atoms with Crippen molar-refractivity contribution in [2.75, 3.05) is 33.3 Å². The number of nitrogens with one attached hydrogen (secondary N) is 1. The third kappa shape index (κ3) is 4.57. The Morgan fingerprint density at radius 2 is 2.15 bits per heavy atom. The number of carbonyl (C=O) groups is 1. The zero-order valence-corrected chi connectivity index (χ0v) is 16.6. The van der Waals surface area contributed by atoms with Crippen molar-refractivity contribution in [3.63, 3.8) is 0 Å². The summed E-state index contributed by atoms with van der Waals surface area (Å²) in [5.41, 5.74) is 2.78. The second kappa shape index (κ2) is 9.16. The summed E-state index contributed by atoms with van der Waals surface area (Å²) in [7, 11) is 1.90. The molecule has 0 saturated carbocycles. The van der Waals surface area contributed by atoms with Gasteiger partial charge in [0.25, 0.3) is 0 Å². The molecule has 0 radical (unpaired) electrons. The number of piperazine rings is 1. The number of carbonyl (C=O) groups excluding carboxylic acids is 1. The summed E-state index contributed by atoms with van der Waals surface area (Å²) in [4.78, 5) is 15.7. The van der Waals surface area contributed by atoms with Gasteiger partial charge in [-0.25, -0.2) is 4.39 Å². The highest BCUT2D eigenvalue weighted by molar-refractivity contribution is 7.44. The lowest BCUT2D eigenvalue weighted by Gasteiger charge is -2.35. The molecule has 0 aromatic heterocycles. The van der Waals surface area contributed by atoms with Crippen molar-refractivity contribution in [3.8, 4) is 5.75 Å². The van der Waals surface area contributed by atoms with Crippen molar-refractivity contribution in [1.29, 1.82) is 0 Å². The minimum absolute atomic E-state index is 0.0181. The number of benzene rings is 1. The Hall–Kier alpha value is -2.17. The molecule has 5 nitrogen and oxygen atoms in total. The Balaban J connectivity index is 1.75. The van der Waals surface area contributed by atoms with Gasteiger partial charge < -0.3 is 19.9 Å². The standard InChI is InChI=1S/C20H25FN3O2P/c1-3-19(23-10-8-22-9-11-23)27-20-7-5-16(13-24(20)14-25)15-4-6-18(26-2)17(21)12-15/h3-7,12-14,20,22,27H,8-11H2,1-2H3/b19-3-. The van der Waals surface area contributed by atoms with Crippen LogP contribution in [0.5, 0.6) is 5.75 Å². The predicted molar refractivity (Wildman–Crippen MR) is 108 cm³/mol. The summed E-state index contributed by atoms with van der Waals surface area (Å²) in [6.45, 7) is 5.97. The van der Waals surface area contributed by atoms with E-state index in [0.717, 1.165) is 38.2 Å². The van der Waals surface area contributed by atoms with Crippen molar-refractivity contribution in [3.05, 3.63) is 59.4 Å². The lowest BCUT2D eigenvalue weighted by Crippen LogP contribution is -2.42. The number of hydrogen-bond donors (Lipinski definition) is 1. The molecule has 2 heterocycles. The maximum atomic E-state index is 14.0. The smallest absolute Gasteiger partial charge is 0.214 e. The average molecular weight is 389 g/mol. The molecule has 2 atom stereocenters. The highest BCUT2D eigenvalue weighted by Crippen LogP contribution is 2.38. The van der Waals surface area contributed by atoms with E-state index in [9.17, 15) is 9.18 Å². The van der Waals surface area contributed by atoms with Crippen LogP contribution in [0.25, 0.3) is 5.57 Å². The fraction of sp³-hybridized carbons (Fsp3) is 0.350. The normalized spacial score (nSPS) is 20.9. The van der Waals surface area contributed by atoms with Crippen LogP contribution in [0.3, 0.4) is 0 Å². The molecule has 144 valence electrons. The maximum Gasteiger partial charge on any atom is 0.214 e.